The van der Waals surface area contributed by atoms with Crippen LogP contribution in [0.2, 0.25) is 0 Å². The SMILES string of the molecule is CC[C@@H](C)NC(=O)[C@H](Cc1ccccc1)N(Cc1cccc(C)c1)C(=O)Cc1ccccc1C. The lowest BCUT2D eigenvalue weighted by Gasteiger charge is -2.32. The molecule has 0 heterocycles. The molecule has 0 unspecified atom stereocenters. The first kappa shape index (κ1) is 25.2. The standard InChI is InChI=1S/C30H36N2O2/c1-5-24(4)31-30(34)28(19-25-14-7-6-8-15-25)32(21-26-16-11-12-22(2)18-26)29(33)20-27-17-10-9-13-23(27)3/h6-18,24,28H,5,19-21H2,1-4H3,(H,31,34)/t24-,28+/m1/s1. The fraction of sp³-hybridized carbons (Fsp3) is 0.333. The Hall–Kier alpha value is -3.40. The minimum Gasteiger partial charge on any atom is -0.352 e. The first-order chi connectivity index (χ1) is 16.4. The number of nitrogens with one attached hydrogen (secondary N) is 1. The van der Waals surface area contributed by atoms with Gasteiger partial charge in [-0.3, -0.25) is 9.59 Å². The van der Waals surface area contributed by atoms with Crippen LogP contribution in [0.25, 0.3) is 0 Å². The summed E-state index contributed by atoms with van der Waals surface area (Å²) in [5.74, 6) is -0.153. The maximum Gasteiger partial charge on any atom is 0.243 e. The molecule has 0 aliphatic carbocycles. The quantitative estimate of drug-likeness (QED) is 0.444. The lowest BCUT2D eigenvalue weighted by molar-refractivity contribution is -0.141. The molecule has 0 saturated carbocycles. The van der Waals surface area contributed by atoms with E-state index in [1.54, 1.807) is 4.90 Å². The van der Waals surface area contributed by atoms with Gasteiger partial charge < -0.3 is 10.2 Å². The van der Waals surface area contributed by atoms with Gasteiger partial charge in [-0.15, -0.1) is 0 Å². The van der Waals surface area contributed by atoms with Crippen molar-refractivity contribution in [2.75, 3.05) is 0 Å². The number of aryl methyl sites for hydroxylation is 2. The van der Waals surface area contributed by atoms with Gasteiger partial charge in [-0.1, -0.05) is 91.3 Å². The smallest absolute Gasteiger partial charge is 0.243 e. The summed E-state index contributed by atoms with van der Waals surface area (Å²) in [5.41, 5.74) is 5.25. The van der Waals surface area contributed by atoms with E-state index in [9.17, 15) is 9.59 Å². The molecule has 178 valence electrons. The molecular formula is C30H36N2O2. The number of carbonyl (C=O) groups is 2. The summed E-state index contributed by atoms with van der Waals surface area (Å²) < 4.78 is 0. The monoisotopic (exact) mass is 456 g/mol. The molecule has 0 saturated heterocycles. The van der Waals surface area contributed by atoms with Crippen LogP contribution in [0.1, 0.15) is 48.1 Å². The van der Waals surface area contributed by atoms with Gasteiger partial charge in [0.05, 0.1) is 6.42 Å². The Morgan fingerprint density at radius 3 is 2.24 bits per heavy atom. The molecule has 0 aliphatic heterocycles. The van der Waals surface area contributed by atoms with E-state index in [1.165, 1.54) is 0 Å². The van der Waals surface area contributed by atoms with Gasteiger partial charge in [-0.05, 0) is 49.4 Å². The molecule has 34 heavy (non-hydrogen) atoms. The lowest BCUT2D eigenvalue weighted by Crippen LogP contribution is -2.52. The Morgan fingerprint density at radius 1 is 0.882 bits per heavy atom. The highest BCUT2D eigenvalue weighted by Gasteiger charge is 2.31. The molecule has 0 bridgehead atoms. The highest BCUT2D eigenvalue weighted by atomic mass is 16.2. The number of carbonyl (C=O) groups excluding carboxylic acids is 2. The fourth-order valence-corrected chi connectivity index (χ4v) is 4.08. The molecular weight excluding hydrogens is 420 g/mol. The maximum absolute atomic E-state index is 13.8. The first-order valence-corrected chi connectivity index (χ1v) is 12.1. The van der Waals surface area contributed by atoms with E-state index in [1.807, 2.05) is 100 Å². The third kappa shape index (κ3) is 7.05. The van der Waals surface area contributed by atoms with E-state index < -0.39 is 6.04 Å². The number of rotatable bonds is 10. The van der Waals surface area contributed by atoms with Crippen LogP contribution in [0.4, 0.5) is 0 Å². The third-order valence-electron chi connectivity index (χ3n) is 6.31. The number of hydrogen-bond donors (Lipinski definition) is 1. The van der Waals surface area contributed by atoms with Crippen molar-refractivity contribution in [2.45, 2.75) is 65.6 Å². The molecule has 0 aliphatic rings. The van der Waals surface area contributed by atoms with Crippen LogP contribution in [0.5, 0.6) is 0 Å². The maximum atomic E-state index is 13.8. The molecule has 2 atom stereocenters. The van der Waals surface area contributed by atoms with E-state index in [0.29, 0.717) is 13.0 Å². The van der Waals surface area contributed by atoms with Crippen molar-refractivity contribution in [3.05, 3.63) is 107 Å². The van der Waals surface area contributed by atoms with Crippen molar-refractivity contribution in [3.8, 4) is 0 Å². The Morgan fingerprint density at radius 2 is 1.56 bits per heavy atom. The van der Waals surface area contributed by atoms with E-state index in [0.717, 1.165) is 34.2 Å². The Bertz CT molecular complexity index is 1090. The van der Waals surface area contributed by atoms with E-state index >= 15 is 0 Å². The molecule has 0 spiro atoms. The number of benzene rings is 3. The zero-order valence-corrected chi connectivity index (χ0v) is 20.8. The lowest BCUT2D eigenvalue weighted by atomic mass is 9.99. The second kappa shape index (κ2) is 12.2. The van der Waals surface area contributed by atoms with Gasteiger partial charge in [0, 0.05) is 19.0 Å². The third-order valence-corrected chi connectivity index (χ3v) is 6.31. The summed E-state index contributed by atoms with van der Waals surface area (Å²) in [7, 11) is 0. The summed E-state index contributed by atoms with van der Waals surface area (Å²) in [6.45, 7) is 8.49. The largest absolute Gasteiger partial charge is 0.352 e. The summed E-state index contributed by atoms with van der Waals surface area (Å²) in [4.78, 5) is 29.1. The number of amides is 2. The molecule has 3 aromatic carbocycles. The minimum atomic E-state index is -0.603. The second-order valence-corrected chi connectivity index (χ2v) is 9.14. The van der Waals surface area contributed by atoms with Crippen LogP contribution in [-0.2, 0) is 29.0 Å². The van der Waals surface area contributed by atoms with Crippen LogP contribution in [0, 0.1) is 13.8 Å². The van der Waals surface area contributed by atoms with Gasteiger partial charge in [0.15, 0.2) is 0 Å². The zero-order valence-electron chi connectivity index (χ0n) is 20.8. The van der Waals surface area contributed by atoms with Crippen molar-refractivity contribution in [1.29, 1.82) is 0 Å². The second-order valence-electron chi connectivity index (χ2n) is 9.14. The summed E-state index contributed by atoms with van der Waals surface area (Å²) in [5, 5.41) is 3.12. The average Bonchev–Trinajstić information content (AvgIpc) is 2.83. The van der Waals surface area contributed by atoms with Crippen molar-refractivity contribution in [2.24, 2.45) is 0 Å². The van der Waals surface area contributed by atoms with Crippen molar-refractivity contribution < 1.29 is 9.59 Å². The van der Waals surface area contributed by atoms with Gasteiger partial charge in [-0.25, -0.2) is 0 Å². The topological polar surface area (TPSA) is 49.4 Å². The Balaban J connectivity index is 1.98. The summed E-state index contributed by atoms with van der Waals surface area (Å²) >= 11 is 0. The molecule has 0 radical (unpaired) electrons. The van der Waals surface area contributed by atoms with Gasteiger partial charge >= 0.3 is 0 Å². The molecule has 3 rings (SSSR count). The van der Waals surface area contributed by atoms with Crippen molar-refractivity contribution >= 4 is 11.8 Å². The van der Waals surface area contributed by atoms with Gasteiger partial charge in [0.25, 0.3) is 0 Å². The molecule has 1 N–H and O–H groups in total. The van der Waals surface area contributed by atoms with Crippen molar-refractivity contribution in [1.82, 2.24) is 10.2 Å². The van der Waals surface area contributed by atoms with E-state index in [-0.39, 0.29) is 24.3 Å². The van der Waals surface area contributed by atoms with Gasteiger partial charge in [0.1, 0.15) is 6.04 Å². The molecule has 4 nitrogen and oxygen atoms in total. The molecule has 2 amide bonds. The zero-order chi connectivity index (χ0) is 24.5. The number of nitrogens with zero attached hydrogens (tertiary/aromatic N) is 1. The molecule has 3 aromatic rings. The van der Waals surface area contributed by atoms with Crippen LogP contribution >= 0.6 is 0 Å². The Kier molecular flexibility index (Phi) is 9.03. The van der Waals surface area contributed by atoms with Crippen LogP contribution in [0.15, 0.2) is 78.9 Å². The fourth-order valence-electron chi connectivity index (χ4n) is 4.08. The predicted octanol–water partition coefficient (Wildman–Crippen LogP) is 5.40. The van der Waals surface area contributed by atoms with E-state index in [4.69, 9.17) is 0 Å². The van der Waals surface area contributed by atoms with Gasteiger partial charge in [0.2, 0.25) is 11.8 Å². The average molecular weight is 457 g/mol. The summed E-state index contributed by atoms with van der Waals surface area (Å²) in [6, 6.07) is 25.5. The van der Waals surface area contributed by atoms with Gasteiger partial charge in [-0.2, -0.15) is 0 Å². The predicted molar refractivity (Wildman–Crippen MR) is 138 cm³/mol. The molecule has 0 fully saturated rings. The van der Waals surface area contributed by atoms with Crippen LogP contribution in [0.3, 0.4) is 0 Å². The normalized spacial score (nSPS) is 12.6. The van der Waals surface area contributed by atoms with E-state index in [2.05, 4.69) is 11.4 Å². The van der Waals surface area contributed by atoms with Crippen LogP contribution < -0.4 is 5.32 Å². The first-order valence-electron chi connectivity index (χ1n) is 12.1. The summed E-state index contributed by atoms with van der Waals surface area (Å²) in [6.07, 6.45) is 1.56. The highest BCUT2D eigenvalue weighted by molar-refractivity contribution is 5.89. The number of hydrogen-bond acceptors (Lipinski definition) is 2. The molecule has 4 heteroatoms. The molecule has 0 aromatic heterocycles. The van der Waals surface area contributed by atoms with Crippen LogP contribution in [-0.4, -0.2) is 28.8 Å². The Labute approximate surface area is 204 Å². The highest BCUT2D eigenvalue weighted by Crippen LogP contribution is 2.18. The minimum absolute atomic E-state index is 0.0399. The van der Waals surface area contributed by atoms with Crippen molar-refractivity contribution in [3.63, 3.8) is 0 Å².